The van der Waals surface area contributed by atoms with Crippen LogP contribution in [0.5, 0.6) is 0 Å². The standard InChI is InChI=1S/C12H20F3N5/c1-10-8-19-20(9-10)7-3-5-17-11(16-2)18-6-4-12(13,14)15/h8-9H,3-7H2,1-2H3,(H2,16,17,18). The van der Waals surface area contributed by atoms with Crippen molar-refractivity contribution in [2.24, 2.45) is 4.99 Å². The summed E-state index contributed by atoms with van der Waals surface area (Å²) in [6.07, 6.45) is -0.493. The van der Waals surface area contributed by atoms with Crippen LogP contribution in [0, 0.1) is 6.92 Å². The van der Waals surface area contributed by atoms with E-state index in [2.05, 4.69) is 20.7 Å². The molecule has 1 heterocycles. The fraction of sp³-hybridized carbons (Fsp3) is 0.667. The third kappa shape index (κ3) is 7.01. The van der Waals surface area contributed by atoms with Crippen molar-refractivity contribution in [1.29, 1.82) is 0 Å². The van der Waals surface area contributed by atoms with E-state index < -0.39 is 12.6 Å². The minimum Gasteiger partial charge on any atom is -0.356 e. The quantitative estimate of drug-likeness (QED) is 0.476. The molecule has 0 aliphatic carbocycles. The first-order valence-corrected chi connectivity index (χ1v) is 6.41. The molecular formula is C12H20F3N5. The zero-order valence-corrected chi connectivity index (χ0v) is 11.7. The van der Waals surface area contributed by atoms with E-state index in [0.717, 1.165) is 18.5 Å². The van der Waals surface area contributed by atoms with Crippen molar-refractivity contribution < 1.29 is 13.2 Å². The van der Waals surface area contributed by atoms with Crippen LogP contribution in [-0.2, 0) is 6.54 Å². The monoisotopic (exact) mass is 291 g/mol. The first kappa shape index (κ1) is 16.3. The molecule has 0 unspecified atom stereocenters. The molecule has 0 saturated carbocycles. The lowest BCUT2D eigenvalue weighted by Crippen LogP contribution is -2.39. The number of halogens is 3. The van der Waals surface area contributed by atoms with Gasteiger partial charge >= 0.3 is 6.18 Å². The van der Waals surface area contributed by atoms with Crippen molar-refractivity contribution in [2.75, 3.05) is 20.1 Å². The van der Waals surface area contributed by atoms with Crippen molar-refractivity contribution in [2.45, 2.75) is 32.5 Å². The lowest BCUT2D eigenvalue weighted by Gasteiger charge is -2.12. The smallest absolute Gasteiger partial charge is 0.356 e. The molecule has 0 bridgehead atoms. The number of aliphatic imine (C=N–C) groups is 1. The van der Waals surface area contributed by atoms with Crippen molar-refractivity contribution in [3.63, 3.8) is 0 Å². The van der Waals surface area contributed by atoms with Gasteiger partial charge < -0.3 is 10.6 Å². The molecule has 20 heavy (non-hydrogen) atoms. The predicted molar refractivity (Wildman–Crippen MR) is 71.6 cm³/mol. The van der Waals surface area contributed by atoms with E-state index in [0.29, 0.717) is 12.5 Å². The number of hydrogen-bond acceptors (Lipinski definition) is 2. The zero-order valence-electron chi connectivity index (χ0n) is 11.7. The molecule has 0 aromatic carbocycles. The van der Waals surface area contributed by atoms with Crippen LogP contribution in [0.2, 0.25) is 0 Å². The Hall–Kier alpha value is -1.73. The minimum atomic E-state index is -4.15. The van der Waals surface area contributed by atoms with Gasteiger partial charge in [0.15, 0.2) is 5.96 Å². The Balaban J connectivity index is 2.15. The average molecular weight is 291 g/mol. The minimum absolute atomic E-state index is 0.179. The average Bonchev–Trinajstić information content (AvgIpc) is 2.76. The highest BCUT2D eigenvalue weighted by Crippen LogP contribution is 2.17. The first-order valence-electron chi connectivity index (χ1n) is 6.41. The highest BCUT2D eigenvalue weighted by molar-refractivity contribution is 5.79. The number of nitrogens with one attached hydrogen (secondary N) is 2. The molecule has 0 aliphatic rings. The number of rotatable bonds is 6. The Bertz CT molecular complexity index is 425. The molecule has 5 nitrogen and oxygen atoms in total. The third-order valence-corrected chi connectivity index (χ3v) is 2.54. The van der Waals surface area contributed by atoms with Gasteiger partial charge in [-0.25, -0.2) is 0 Å². The maximum atomic E-state index is 12.0. The maximum absolute atomic E-state index is 12.0. The van der Waals surface area contributed by atoms with Gasteiger partial charge in [-0.15, -0.1) is 0 Å². The molecule has 0 radical (unpaired) electrons. The number of guanidine groups is 1. The zero-order chi connectivity index (χ0) is 15.0. The fourth-order valence-corrected chi connectivity index (χ4v) is 1.58. The van der Waals surface area contributed by atoms with Crippen molar-refractivity contribution in [3.05, 3.63) is 18.0 Å². The third-order valence-electron chi connectivity index (χ3n) is 2.54. The van der Waals surface area contributed by atoms with Crippen LogP contribution in [0.25, 0.3) is 0 Å². The Morgan fingerprint density at radius 3 is 2.60 bits per heavy atom. The second kappa shape index (κ2) is 7.76. The van der Waals surface area contributed by atoms with Gasteiger partial charge in [0.1, 0.15) is 0 Å². The topological polar surface area (TPSA) is 54.2 Å². The lowest BCUT2D eigenvalue weighted by atomic mass is 10.4. The van der Waals surface area contributed by atoms with Gasteiger partial charge in [-0.1, -0.05) is 0 Å². The van der Waals surface area contributed by atoms with Gasteiger partial charge in [-0.2, -0.15) is 18.3 Å². The molecule has 0 aliphatic heterocycles. The van der Waals surface area contributed by atoms with Crippen LogP contribution < -0.4 is 10.6 Å². The van der Waals surface area contributed by atoms with E-state index in [1.54, 1.807) is 6.20 Å². The van der Waals surface area contributed by atoms with Gasteiger partial charge in [-0.3, -0.25) is 9.67 Å². The molecule has 1 aromatic heterocycles. The summed E-state index contributed by atoms with van der Waals surface area (Å²) in [5.74, 6) is 0.380. The van der Waals surface area contributed by atoms with Crippen LogP contribution in [0.4, 0.5) is 13.2 Å². The Morgan fingerprint density at radius 1 is 1.35 bits per heavy atom. The highest BCUT2D eigenvalue weighted by atomic mass is 19.4. The normalized spacial score (nSPS) is 12.6. The number of alkyl halides is 3. The number of hydrogen-bond donors (Lipinski definition) is 2. The summed E-state index contributed by atoms with van der Waals surface area (Å²) in [6.45, 7) is 3.15. The molecule has 0 amide bonds. The maximum Gasteiger partial charge on any atom is 0.390 e. The molecule has 8 heteroatoms. The van der Waals surface area contributed by atoms with E-state index in [4.69, 9.17) is 0 Å². The summed E-state index contributed by atoms with van der Waals surface area (Å²) in [5, 5.41) is 9.74. The summed E-state index contributed by atoms with van der Waals surface area (Å²) in [4.78, 5) is 3.86. The Kier molecular flexibility index (Phi) is 6.33. The molecule has 1 rings (SSSR count). The van der Waals surface area contributed by atoms with E-state index in [1.807, 2.05) is 17.8 Å². The van der Waals surface area contributed by atoms with Gasteiger partial charge in [0.2, 0.25) is 0 Å². The van der Waals surface area contributed by atoms with Crippen molar-refractivity contribution >= 4 is 5.96 Å². The SMILES string of the molecule is CN=C(NCCCn1cc(C)cn1)NCCC(F)(F)F. The summed E-state index contributed by atoms with van der Waals surface area (Å²) < 4.78 is 37.8. The largest absolute Gasteiger partial charge is 0.390 e. The van der Waals surface area contributed by atoms with Crippen LogP contribution >= 0.6 is 0 Å². The lowest BCUT2D eigenvalue weighted by molar-refractivity contribution is -0.132. The Labute approximate surface area is 116 Å². The van der Waals surface area contributed by atoms with Gasteiger partial charge in [-0.05, 0) is 18.9 Å². The second-order valence-corrected chi connectivity index (χ2v) is 4.43. The van der Waals surface area contributed by atoms with Crippen LogP contribution in [-0.4, -0.2) is 42.1 Å². The molecule has 0 saturated heterocycles. The van der Waals surface area contributed by atoms with E-state index in [-0.39, 0.29) is 6.54 Å². The predicted octanol–water partition coefficient (Wildman–Crippen LogP) is 1.70. The van der Waals surface area contributed by atoms with E-state index in [9.17, 15) is 13.2 Å². The molecular weight excluding hydrogens is 271 g/mol. The number of nitrogens with zero attached hydrogens (tertiary/aromatic N) is 3. The Morgan fingerprint density at radius 2 is 2.05 bits per heavy atom. The summed E-state index contributed by atoms with van der Waals surface area (Å²) >= 11 is 0. The van der Waals surface area contributed by atoms with Gasteiger partial charge in [0.05, 0.1) is 12.6 Å². The molecule has 2 N–H and O–H groups in total. The first-order chi connectivity index (χ1) is 9.40. The molecule has 0 fully saturated rings. The highest BCUT2D eigenvalue weighted by Gasteiger charge is 2.26. The van der Waals surface area contributed by atoms with Crippen LogP contribution in [0.15, 0.2) is 17.4 Å². The van der Waals surface area contributed by atoms with Crippen LogP contribution in [0.1, 0.15) is 18.4 Å². The molecule has 114 valence electrons. The molecule has 0 atom stereocenters. The summed E-state index contributed by atoms with van der Waals surface area (Å²) in [7, 11) is 1.53. The summed E-state index contributed by atoms with van der Waals surface area (Å²) in [6, 6.07) is 0. The van der Waals surface area contributed by atoms with Crippen molar-refractivity contribution in [1.82, 2.24) is 20.4 Å². The molecule has 0 spiro atoms. The van der Waals surface area contributed by atoms with Gasteiger partial charge in [0.25, 0.3) is 0 Å². The molecule has 1 aromatic rings. The second-order valence-electron chi connectivity index (χ2n) is 4.43. The van der Waals surface area contributed by atoms with Gasteiger partial charge in [0, 0.05) is 32.9 Å². The van der Waals surface area contributed by atoms with Crippen molar-refractivity contribution in [3.8, 4) is 0 Å². The summed E-state index contributed by atoms with van der Waals surface area (Å²) in [5.41, 5.74) is 1.10. The fourth-order valence-electron chi connectivity index (χ4n) is 1.58. The number of aryl methyl sites for hydroxylation is 2. The van der Waals surface area contributed by atoms with Crippen LogP contribution in [0.3, 0.4) is 0 Å². The van der Waals surface area contributed by atoms with E-state index >= 15 is 0 Å². The number of aromatic nitrogens is 2. The van der Waals surface area contributed by atoms with E-state index in [1.165, 1.54) is 7.05 Å².